The maximum Gasteiger partial charge on any atom is 0.307 e. The lowest BCUT2D eigenvalue weighted by Gasteiger charge is -2.09. The van der Waals surface area contributed by atoms with E-state index in [-0.39, 0.29) is 0 Å². The van der Waals surface area contributed by atoms with Crippen molar-refractivity contribution in [2.24, 2.45) is 0 Å². The molecule has 0 aliphatic rings. The summed E-state index contributed by atoms with van der Waals surface area (Å²) < 4.78 is 10.9. The first-order chi connectivity index (χ1) is 19.3. The van der Waals surface area contributed by atoms with Gasteiger partial charge in [0.25, 0.3) is 0 Å². The van der Waals surface area contributed by atoms with Crippen molar-refractivity contribution in [3.63, 3.8) is 0 Å². The average molecular weight is 500 g/mol. The van der Waals surface area contributed by atoms with E-state index in [1.165, 1.54) is 37.8 Å². The highest BCUT2D eigenvalue weighted by molar-refractivity contribution is 6.20. The fourth-order valence-electron chi connectivity index (χ4n) is 6.18. The lowest BCUT2D eigenvalue weighted by molar-refractivity contribution is 0.574. The number of hydrogen-bond donors (Lipinski definition) is 0. The van der Waals surface area contributed by atoms with Crippen LogP contribution in [0.1, 0.15) is 0 Å². The van der Waals surface area contributed by atoms with E-state index >= 15 is 0 Å². The van der Waals surface area contributed by atoms with Crippen molar-refractivity contribution >= 4 is 65.5 Å². The summed E-state index contributed by atoms with van der Waals surface area (Å²) in [5.74, 6) is 0. The maximum atomic E-state index is 6.31. The molecule has 3 heterocycles. The Morgan fingerprint density at radius 2 is 1.10 bits per heavy atom. The van der Waals surface area contributed by atoms with Crippen LogP contribution in [0.25, 0.3) is 77.2 Å². The molecule has 0 N–H and O–H groups in total. The maximum absolute atomic E-state index is 6.31. The highest BCUT2D eigenvalue weighted by Crippen LogP contribution is 2.40. The van der Waals surface area contributed by atoms with E-state index in [9.17, 15) is 0 Å². The van der Waals surface area contributed by atoms with Crippen molar-refractivity contribution in [2.75, 3.05) is 0 Å². The Hall–Kier alpha value is -5.35. The lowest BCUT2D eigenvalue weighted by atomic mass is 10.0. The molecule has 9 aromatic rings. The van der Waals surface area contributed by atoms with Crippen LogP contribution in [0.3, 0.4) is 0 Å². The molecule has 0 radical (unpaired) electrons. The van der Waals surface area contributed by atoms with Gasteiger partial charge in [0.05, 0.1) is 22.1 Å². The number of para-hydroxylation sites is 4. The van der Waals surface area contributed by atoms with Crippen molar-refractivity contribution in [2.45, 2.75) is 0 Å². The van der Waals surface area contributed by atoms with E-state index < -0.39 is 0 Å². The lowest BCUT2D eigenvalue weighted by Crippen LogP contribution is -1.96. The van der Waals surface area contributed by atoms with Gasteiger partial charge in [-0.05, 0) is 65.4 Å². The van der Waals surface area contributed by atoms with Crippen LogP contribution in [-0.4, -0.2) is 14.1 Å². The second kappa shape index (κ2) is 7.59. The van der Waals surface area contributed by atoms with E-state index in [1.807, 2.05) is 24.3 Å². The largest absolute Gasteiger partial charge is 0.423 e. The van der Waals surface area contributed by atoms with Gasteiger partial charge in [-0.15, -0.1) is 0 Å². The Balaban J connectivity index is 1.48. The fraction of sp³-hybridized carbons (Fsp3) is 0. The van der Waals surface area contributed by atoms with E-state index in [1.54, 1.807) is 0 Å². The molecule has 39 heavy (non-hydrogen) atoms. The van der Waals surface area contributed by atoms with Crippen molar-refractivity contribution in [3.05, 3.63) is 127 Å². The highest BCUT2D eigenvalue weighted by Gasteiger charge is 2.20. The molecule has 0 amide bonds. The summed E-state index contributed by atoms with van der Waals surface area (Å²) in [4.78, 5) is 4.89. The molecule has 6 aromatic carbocycles. The Labute approximate surface area is 222 Å². The zero-order valence-electron chi connectivity index (χ0n) is 20.9. The van der Waals surface area contributed by atoms with Crippen LogP contribution < -0.4 is 0 Å². The highest BCUT2D eigenvalue weighted by atomic mass is 16.4. The molecule has 0 unspecified atom stereocenters. The summed E-state index contributed by atoms with van der Waals surface area (Å²) in [6, 6.07) is 45.5. The molecular formula is C35H21N3O. The monoisotopic (exact) mass is 499 g/mol. The zero-order chi connectivity index (χ0) is 25.5. The van der Waals surface area contributed by atoms with E-state index in [0.29, 0.717) is 6.01 Å². The second-order valence-electron chi connectivity index (χ2n) is 10.1. The summed E-state index contributed by atoms with van der Waals surface area (Å²) in [6.07, 6.45) is 0. The van der Waals surface area contributed by atoms with Crippen molar-refractivity contribution in [1.82, 2.24) is 14.1 Å². The standard InChI is InChI=1S/C35H21N3O/c1-2-12-24(13-3-1)37-31-19-23-11-5-4-10-22(23)18-26(31)28-20-27-25-14-6-8-16-30(25)38(33(27)21-32(28)37)35-36-29-15-7-9-17-34(29)39-35/h1-21H. The van der Waals surface area contributed by atoms with Gasteiger partial charge < -0.3 is 8.98 Å². The van der Waals surface area contributed by atoms with Crippen LogP contribution in [0, 0.1) is 0 Å². The molecule has 0 fully saturated rings. The number of hydrogen-bond acceptors (Lipinski definition) is 2. The SMILES string of the molecule is c1ccc(-n2c3cc4ccccc4cc3c3cc4c5ccccc5n(-c5nc6ccccc6o5)c4cc32)cc1. The van der Waals surface area contributed by atoms with Gasteiger partial charge in [-0.1, -0.05) is 72.8 Å². The van der Waals surface area contributed by atoms with Gasteiger partial charge in [0.1, 0.15) is 5.52 Å². The van der Waals surface area contributed by atoms with Crippen molar-refractivity contribution in [3.8, 4) is 11.7 Å². The van der Waals surface area contributed by atoms with Gasteiger partial charge >= 0.3 is 6.01 Å². The third-order valence-corrected chi connectivity index (χ3v) is 7.91. The van der Waals surface area contributed by atoms with Crippen LogP contribution in [0.15, 0.2) is 132 Å². The topological polar surface area (TPSA) is 35.9 Å². The minimum Gasteiger partial charge on any atom is -0.423 e. The Kier molecular flexibility index (Phi) is 4.02. The van der Waals surface area contributed by atoms with E-state index in [4.69, 9.17) is 9.40 Å². The number of benzene rings is 6. The van der Waals surface area contributed by atoms with Crippen LogP contribution in [0.2, 0.25) is 0 Å². The average Bonchev–Trinajstić information content (AvgIpc) is 3.64. The minimum atomic E-state index is 0.579. The minimum absolute atomic E-state index is 0.579. The van der Waals surface area contributed by atoms with Gasteiger partial charge in [-0.25, -0.2) is 0 Å². The molecule has 0 spiro atoms. The van der Waals surface area contributed by atoms with E-state index in [0.717, 1.165) is 33.3 Å². The van der Waals surface area contributed by atoms with Crippen LogP contribution in [0.5, 0.6) is 0 Å². The number of rotatable bonds is 2. The summed E-state index contributed by atoms with van der Waals surface area (Å²) in [5, 5.41) is 7.31. The predicted octanol–water partition coefficient (Wildman–Crippen LogP) is 9.18. The third kappa shape index (κ3) is 2.85. The summed E-state index contributed by atoms with van der Waals surface area (Å²) in [6.45, 7) is 0. The molecule has 0 bridgehead atoms. The molecule has 0 aliphatic carbocycles. The van der Waals surface area contributed by atoms with Crippen LogP contribution in [-0.2, 0) is 0 Å². The van der Waals surface area contributed by atoms with Crippen molar-refractivity contribution in [1.29, 1.82) is 0 Å². The van der Waals surface area contributed by atoms with Crippen molar-refractivity contribution < 1.29 is 4.42 Å². The van der Waals surface area contributed by atoms with Gasteiger partial charge in [0.2, 0.25) is 0 Å². The fourth-order valence-corrected chi connectivity index (χ4v) is 6.18. The molecule has 0 atom stereocenters. The Morgan fingerprint density at radius 1 is 0.462 bits per heavy atom. The molecule has 0 saturated carbocycles. The molecule has 182 valence electrons. The molecule has 3 aromatic heterocycles. The van der Waals surface area contributed by atoms with Gasteiger partial charge in [-0.2, -0.15) is 4.98 Å². The first-order valence-corrected chi connectivity index (χ1v) is 13.1. The molecule has 0 saturated heterocycles. The van der Waals surface area contributed by atoms with Gasteiger partial charge in [-0.3, -0.25) is 4.57 Å². The quantitative estimate of drug-likeness (QED) is 0.238. The van der Waals surface area contributed by atoms with E-state index in [2.05, 4.69) is 112 Å². The summed E-state index contributed by atoms with van der Waals surface area (Å²) >= 11 is 0. The number of nitrogens with zero attached hydrogens (tertiary/aromatic N) is 3. The van der Waals surface area contributed by atoms with Gasteiger partial charge in [0.15, 0.2) is 5.58 Å². The van der Waals surface area contributed by atoms with Crippen LogP contribution in [0.4, 0.5) is 0 Å². The predicted molar refractivity (Wildman–Crippen MR) is 160 cm³/mol. The molecule has 9 rings (SSSR count). The first-order valence-electron chi connectivity index (χ1n) is 13.1. The smallest absolute Gasteiger partial charge is 0.307 e. The second-order valence-corrected chi connectivity index (χ2v) is 10.1. The number of aromatic nitrogens is 3. The zero-order valence-corrected chi connectivity index (χ0v) is 20.9. The van der Waals surface area contributed by atoms with Gasteiger partial charge in [0, 0.05) is 27.2 Å². The molecular weight excluding hydrogens is 478 g/mol. The molecule has 0 aliphatic heterocycles. The first kappa shape index (κ1) is 20.7. The normalized spacial score (nSPS) is 12.1. The number of oxazole rings is 1. The Bertz CT molecular complexity index is 2360. The third-order valence-electron chi connectivity index (χ3n) is 7.91. The summed E-state index contributed by atoms with van der Waals surface area (Å²) in [5.41, 5.74) is 7.26. The molecule has 4 heteroatoms. The van der Waals surface area contributed by atoms with Crippen LogP contribution >= 0.6 is 0 Å². The number of fused-ring (bicyclic) bond motifs is 8. The molecule has 4 nitrogen and oxygen atoms in total. The Morgan fingerprint density at radius 3 is 1.97 bits per heavy atom. The summed E-state index contributed by atoms with van der Waals surface area (Å²) in [7, 11) is 0.